The molecule has 1 heterocycles. The maximum Gasteiger partial charge on any atom is 0.348 e. The molecular formula is C18H25N3O2. The maximum absolute atomic E-state index is 11.9. The molecule has 0 aromatic rings. The summed E-state index contributed by atoms with van der Waals surface area (Å²) < 4.78 is 4.73. The highest BCUT2D eigenvalue weighted by molar-refractivity contribution is 5.94. The first kappa shape index (κ1) is 18.8. The van der Waals surface area contributed by atoms with E-state index in [1.807, 2.05) is 13.0 Å². The third-order valence-electron chi connectivity index (χ3n) is 3.98. The number of nitriles is 2. The van der Waals surface area contributed by atoms with Crippen molar-refractivity contribution >= 4 is 5.97 Å². The topological polar surface area (TPSA) is 77.1 Å². The average molecular weight is 315 g/mol. The van der Waals surface area contributed by atoms with E-state index in [0.717, 1.165) is 50.9 Å². The van der Waals surface area contributed by atoms with Crippen molar-refractivity contribution in [2.75, 3.05) is 20.2 Å². The minimum absolute atomic E-state index is 0.0429. The van der Waals surface area contributed by atoms with Crippen molar-refractivity contribution in [1.29, 1.82) is 10.5 Å². The Hall–Kier alpha value is -2.27. The van der Waals surface area contributed by atoms with Gasteiger partial charge in [0, 0.05) is 18.8 Å². The van der Waals surface area contributed by atoms with Gasteiger partial charge in [0.2, 0.25) is 0 Å². The smallest absolute Gasteiger partial charge is 0.348 e. The number of hydrogen-bond donors (Lipinski definition) is 0. The summed E-state index contributed by atoms with van der Waals surface area (Å²) in [6.45, 7) is 5.90. The van der Waals surface area contributed by atoms with Gasteiger partial charge in [-0.2, -0.15) is 10.5 Å². The standard InChI is InChI=1S/C18H25N3O2/c1-4-8-14(16(13-20)18(22)23-3)15(12-19)17(9-5-2)21-10-6-7-11-21/h4-11H2,1-3H3/b16-14-,17-15+. The molecule has 5 nitrogen and oxygen atoms in total. The minimum atomic E-state index is -0.666. The van der Waals surface area contributed by atoms with Gasteiger partial charge in [0.05, 0.1) is 12.7 Å². The molecule has 0 atom stereocenters. The maximum atomic E-state index is 11.9. The van der Waals surface area contributed by atoms with Crippen LogP contribution in [0, 0.1) is 22.7 Å². The Morgan fingerprint density at radius 1 is 1.04 bits per heavy atom. The lowest BCUT2D eigenvalue weighted by molar-refractivity contribution is -0.135. The van der Waals surface area contributed by atoms with Crippen molar-refractivity contribution in [2.24, 2.45) is 0 Å². The van der Waals surface area contributed by atoms with E-state index in [9.17, 15) is 15.3 Å². The van der Waals surface area contributed by atoms with E-state index in [4.69, 9.17) is 4.74 Å². The molecule has 0 spiro atoms. The second-order valence-corrected chi connectivity index (χ2v) is 5.58. The van der Waals surface area contributed by atoms with Gasteiger partial charge in [0.25, 0.3) is 0 Å². The molecule has 0 radical (unpaired) electrons. The van der Waals surface area contributed by atoms with E-state index in [-0.39, 0.29) is 5.57 Å². The Bertz CT molecular complexity index is 570. The summed E-state index contributed by atoms with van der Waals surface area (Å²) >= 11 is 0. The zero-order chi connectivity index (χ0) is 17.2. The Kier molecular flexibility index (Phi) is 7.91. The van der Waals surface area contributed by atoms with Gasteiger partial charge in [-0.25, -0.2) is 4.79 Å². The highest BCUT2D eigenvalue weighted by atomic mass is 16.5. The van der Waals surface area contributed by atoms with Crippen LogP contribution in [0.15, 0.2) is 22.4 Å². The molecule has 124 valence electrons. The number of carbonyl (C=O) groups excluding carboxylic acids is 1. The molecular weight excluding hydrogens is 290 g/mol. The van der Waals surface area contributed by atoms with Crippen LogP contribution in [0.5, 0.6) is 0 Å². The molecule has 23 heavy (non-hydrogen) atoms. The Morgan fingerprint density at radius 3 is 2.04 bits per heavy atom. The van der Waals surface area contributed by atoms with E-state index in [2.05, 4.69) is 17.9 Å². The van der Waals surface area contributed by atoms with Gasteiger partial charge >= 0.3 is 5.97 Å². The predicted molar refractivity (Wildman–Crippen MR) is 87.9 cm³/mol. The van der Waals surface area contributed by atoms with Crippen LogP contribution in [-0.2, 0) is 9.53 Å². The molecule has 0 aliphatic carbocycles. The molecule has 0 N–H and O–H groups in total. The van der Waals surface area contributed by atoms with Crippen LogP contribution in [0.25, 0.3) is 0 Å². The second-order valence-electron chi connectivity index (χ2n) is 5.58. The minimum Gasteiger partial charge on any atom is -0.465 e. The molecule has 1 aliphatic heterocycles. The third kappa shape index (κ3) is 4.60. The average Bonchev–Trinajstić information content (AvgIpc) is 3.09. The van der Waals surface area contributed by atoms with Crippen molar-refractivity contribution in [3.8, 4) is 12.1 Å². The van der Waals surface area contributed by atoms with Gasteiger partial charge < -0.3 is 9.64 Å². The van der Waals surface area contributed by atoms with Crippen LogP contribution in [-0.4, -0.2) is 31.1 Å². The zero-order valence-corrected chi connectivity index (χ0v) is 14.3. The fourth-order valence-electron chi connectivity index (χ4n) is 2.93. The number of carbonyl (C=O) groups is 1. The van der Waals surface area contributed by atoms with Gasteiger partial charge in [-0.15, -0.1) is 0 Å². The fourth-order valence-corrected chi connectivity index (χ4v) is 2.93. The normalized spacial score (nSPS) is 16.1. The summed E-state index contributed by atoms with van der Waals surface area (Å²) in [6, 6.07) is 4.21. The van der Waals surface area contributed by atoms with Crippen molar-refractivity contribution in [1.82, 2.24) is 4.90 Å². The number of methoxy groups -OCH3 is 1. The molecule has 0 aromatic carbocycles. The molecule has 1 saturated heterocycles. The quantitative estimate of drug-likeness (QED) is 0.311. The number of likely N-dealkylation sites (tertiary alicyclic amines) is 1. The van der Waals surface area contributed by atoms with Gasteiger partial charge in [0.1, 0.15) is 17.7 Å². The molecule has 5 heteroatoms. The second kappa shape index (κ2) is 9.69. The lowest BCUT2D eigenvalue weighted by Gasteiger charge is -2.24. The molecule has 0 aromatic heterocycles. The molecule has 1 aliphatic rings. The predicted octanol–water partition coefficient (Wildman–Crippen LogP) is 3.45. The summed E-state index contributed by atoms with van der Waals surface area (Å²) in [5.74, 6) is -0.666. The Labute approximate surface area is 138 Å². The van der Waals surface area contributed by atoms with E-state index in [1.54, 1.807) is 0 Å². The first-order valence-corrected chi connectivity index (χ1v) is 8.24. The van der Waals surface area contributed by atoms with E-state index in [1.165, 1.54) is 7.11 Å². The molecule has 1 fully saturated rings. The lowest BCUT2D eigenvalue weighted by Crippen LogP contribution is -2.21. The first-order chi connectivity index (χ1) is 11.1. The van der Waals surface area contributed by atoms with E-state index < -0.39 is 5.97 Å². The highest BCUT2D eigenvalue weighted by Crippen LogP contribution is 2.29. The molecule has 0 saturated carbocycles. The van der Waals surface area contributed by atoms with Crippen LogP contribution in [0.3, 0.4) is 0 Å². The zero-order valence-electron chi connectivity index (χ0n) is 14.3. The van der Waals surface area contributed by atoms with Crippen molar-refractivity contribution < 1.29 is 9.53 Å². The van der Waals surface area contributed by atoms with Gasteiger partial charge in [-0.3, -0.25) is 0 Å². The SMILES string of the molecule is CCCC(=C(\C#N)C(=O)OC)/C(C#N)=C(\CCC)N1CCCC1. The van der Waals surface area contributed by atoms with Gasteiger partial charge in [-0.05, 0) is 31.3 Å². The summed E-state index contributed by atoms with van der Waals surface area (Å²) in [4.78, 5) is 14.2. The van der Waals surface area contributed by atoms with Crippen molar-refractivity contribution in [3.05, 3.63) is 22.4 Å². The Balaban J connectivity index is 3.52. The third-order valence-corrected chi connectivity index (χ3v) is 3.98. The largest absolute Gasteiger partial charge is 0.465 e. The number of allylic oxidation sites excluding steroid dienone is 3. The van der Waals surface area contributed by atoms with Crippen molar-refractivity contribution in [3.63, 3.8) is 0 Å². The number of esters is 1. The number of ether oxygens (including phenoxy) is 1. The summed E-state index contributed by atoms with van der Waals surface area (Å²) in [7, 11) is 1.26. The highest BCUT2D eigenvalue weighted by Gasteiger charge is 2.24. The van der Waals surface area contributed by atoms with Gasteiger partial charge in [-0.1, -0.05) is 26.7 Å². The number of nitrogens with zero attached hydrogens (tertiary/aromatic N) is 3. The van der Waals surface area contributed by atoms with Crippen LogP contribution in [0.2, 0.25) is 0 Å². The molecule has 0 amide bonds. The summed E-state index contributed by atoms with van der Waals surface area (Å²) in [6.07, 6.45) is 5.18. The van der Waals surface area contributed by atoms with Crippen LogP contribution in [0.1, 0.15) is 52.4 Å². The number of rotatable bonds is 7. The first-order valence-electron chi connectivity index (χ1n) is 8.24. The number of hydrogen-bond acceptors (Lipinski definition) is 5. The Morgan fingerprint density at radius 2 is 1.61 bits per heavy atom. The van der Waals surface area contributed by atoms with Crippen LogP contribution >= 0.6 is 0 Å². The molecule has 0 unspecified atom stereocenters. The monoisotopic (exact) mass is 315 g/mol. The summed E-state index contributed by atoms with van der Waals surface area (Å²) in [5, 5.41) is 19.1. The van der Waals surface area contributed by atoms with Crippen LogP contribution in [0.4, 0.5) is 0 Å². The van der Waals surface area contributed by atoms with Gasteiger partial charge in [0.15, 0.2) is 0 Å². The fraction of sp³-hybridized carbons (Fsp3) is 0.611. The van der Waals surface area contributed by atoms with E-state index in [0.29, 0.717) is 17.6 Å². The molecule has 1 rings (SSSR count). The van der Waals surface area contributed by atoms with E-state index >= 15 is 0 Å². The van der Waals surface area contributed by atoms with Crippen molar-refractivity contribution in [2.45, 2.75) is 52.4 Å². The molecule has 0 bridgehead atoms. The summed E-state index contributed by atoms with van der Waals surface area (Å²) in [5.41, 5.74) is 1.93. The lowest BCUT2D eigenvalue weighted by atomic mass is 9.93. The van der Waals surface area contributed by atoms with Crippen LogP contribution < -0.4 is 0 Å².